The summed E-state index contributed by atoms with van der Waals surface area (Å²) in [7, 11) is 0. The van der Waals surface area contributed by atoms with Gasteiger partial charge in [0.05, 0.1) is 18.5 Å². The lowest BCUT2D eigenvalue weighted by Gasteiger charge is -2.08. The van der Waals surface area contributed by atoms with Crippen molar-refractivity contribution in [2.24, 2.45) is 0 Å². The number of fused-ring (bicyclic) bond motifs is 1. The fourth-order valence-corrected chi connectivity index (χ4v) is 3.21. The maximum atomic E-state index is 14.7. The van der Waals surface area contributed by atoms with Gasteiger partial charge in [-0.05, 0) is 55.8 Å². The van der Waals surface area contributed by atoms with E-state index in [1.165, 1.54) is 16.7 Å². The third kappa shape index (κ3) is 3.40. The zero-order chi connectivity index (χ0) is 19.7. The van der Waals surface area contributed by atoms with Crippen LogP contribution in [0, 0.1) is 12.7 Å². The summed E-state index contributed by atoms with van der Waals surface area (Å²) in [6, 6.07) is 8.93. The van der Waals surface area contributed by atoms with E-state index in [9.17, 15) is 19.1 Å². The second kappa shape index (κ2) is 7.40. The summed E-state index contributed by atoms with van der Waals surface area (Å²) in [5, 5.41) is 10.3. The Morgan fingerprint density at radius 3 is 2.48 bits per heavy atom. The van der Waals surface area contributed by atoms with Gasteiger partial charge in [-0.25, -0.2) is 4.39 Å². The Balaban J connectivity index is 2.22. The normalized spacial score (nSPS) is 11.0. The Hall–Kier alpha value is -2.86. The molecule has 0 aliphatic rings. The zero-order valence-electron chi connectivity index (χ0n) is 14.8. The van der Waals surface area contributed by atoms with Gasteiger partial charge in [0.1, 0.15) is 0 Å². The highest BCUT2D eigenvalue weighted by Gasteiger charge is 2.25. The molecular formula is C20H17ClFNO4. The molecule has 5 nitrogen and oxygen atoms in total. The Kier molecular flexibility index (Phi) is 5.19. The van der Waals surface area contributed by atoms with Crippen molar-refractivity contribution in [2.75, 3.05) is 6.61 Å². The van der Waals surface area contributed by atoms with E-state index in [-0.39, 0.29) is 23.9 Å². The van der Waals surface area contributed by atoms with Gasteiger partial charge in [0, 0.05) is 21.7 Å². The number of ether oxygens (including phenoxy) is 1. The first-order chi connectivity index (χ1) is 12.8. The molecule has 0 aliphatic heterocycles. The van der Waals surface area contributed by atoms with Crippen LogP contribution < -0.4 is 0 Å². The van der Waals surface area contributed by atoms with Gasteiger partial charge in [0.25, 0.3) is 5.91 Å². The molecule has 2 aromatic carbocycles. The van der Waals surface area contributed by atoms with Crippen LogP contribution in [0.15, 0.2) is 36.4 Å². The number of halogens is 2. The molecule has 0 fully saturated rings. The number of carbonyl (C=O) groups excluding carboxylic acids is 2. The molecule has 0 unspecified atom stereocenters. The Morgan fingerprint density at radius 2 is 1.85 bits per heavy atom. The molecule has 0 bridgehead atoms. The highest BCUT2D eigenvalue weighted by atomic mass is 35.5. The minimum Gasteiger partial charge on any atom is -0.505 e. The fourth-order valence-electron chi connectivity index (χ4n) is 3.08. The zero-order valence-corrected chi connectivity index (χ0v) is 15.5. The molecule has 0 atom stereocenters. The van der Waals surface area contributed by atoms with E-state index in [0.29, 0.717) is 21.8 Å². The highest BCUT2D eigenvalue weighted by molar-refractivity contribution is 6.30. The van der Waals surface area contributed by atoms with E-state index in [2.05, 4.69) is 0 Å². The molecular weight excluding hydrogens is 373 g/mol. The molecule has 7 heteroatoms. The highest BCUT2D eigenvalue weighted by Crippen LogP contribution is 2.33. The molecule has 3 rings (SSSR count). The summed E-state index contributed by atoms with van der Waals surface area (Å²) in [6.45, 7) is 3.48. The van der Waals surface area contributed by atoms with Crippen LogP contribution in [0.5, 0.6) is 5.75 Å². The van der Waals surface area contributed by atoms with Crippen LogP contribution in [0.4, 0.5) is 4.39 Å². The van der Waals surface area contributed by atoms with E-state index in [1.54, 1.807) is 38.1 Å². The van der Waals surface area contributed by atoms with Crippen LogP contribution in [0.25, 0.3) is 10.9 Å². The molecule has 0 radical (unpaired) electrons. The van der Waals surface area contributed by atoms with E-state index in [1.807, 2.05) is 0 Å². The molecule has 140 valence electrons. The molecule has 27 heavy (non-hydrogen) atoms. The smallest absolute Gasteiger partial charge is 0.310 e. The van der Waals surface area contributed by atoms with Gasteiger partial charge < -0.3 is 9.84 Å². The van der Waals surface area contributed by atoms with Crippen LogP contribution >= 0.6 is 11.6 Å². The van der Waals surface area contributed by atoms with Crippen LogP contribution in [0.1, 0.15) is 28.5 Å². The summed E-state index contributed by atoms with van der Waals surface area (Å²) < 4.78 is 20.9. The molecule has 0 spiro atoms. The van der Waals surface area contributed by atoms with Gasteiger partial charge in [-0.2, -0.15) is 0 Å². The van der Waals surface area contributed by atoms with Crippen molar-refractivity contribution >= 4 is 34.4 Å². The lowest BCUT2D eigenvalue weighted by atomic mass is 10.1. The first-order valence-corrected chi connectivity index (χ1v) is 8.70. The van der Waals surface area contributed by atoms with Crippen molar-refractivity contribution in [1.82, 2.24) is 4.57 Å². The third-order valence-electron chi connectivity index (χ3n) is 4.34. The van der Waals surface area contributed by atoms with E-state index in [4.69, 9.17) is 16.3 Å². The maximum Gasteiger partial charge on any atom is 0.310 e. The molecule has 3 aromatic rings. The minimum absolute atomic E-state index is 0.0304. The maximum absolute atomic E-state index is 14.7. The molecule has 1 N–H and O–H groups in total. The number of benzene rings is 2. The minimum atomic E-state index is -0.877. The lowest BCUT2D eigenvalue weighted by Crippen LogP contribution is -2.14. The summed E-state index contributed by atoms with van der Waals surface area (Å²) in [6.07, 6.45) is -0.211. The first-order valence-electron chi connectivity index (χ1n) is 8.32. The Morgan fingerprint density at radius 1 is 1.19 bits per heavy atom. The number of aromatic nitrogens is 1. The second-order valence-corrected chi connectivity index (χ2v) is 6.42. The quantitative estimate of drug-likeness (QED) is 0.677. The number of carbonyl (C=O) groups is 2. The number of phenols is 1. The number of aromatic hydroxyl groups is 1. The van der Waals surface area contributed by atoms with Gasteiger partial charge >= 0.3 is 5.97 Å². The average Bonchev–Trinajstić information content (AvgIpc) is 2.91. The predicted octanol–water partition coefficient (Wildman–Crippen LogP) is 4.24. The summed E-state index contributed by atoms with van der Waals surface area (Å²) in [4.78, 5) is 25.0. The van der Waals surface area contributed by atoms with Crippen molar-refractivity contribution in [3.05, 3.63) is 64.1 Å². The fraction of sp³-hybridized carbons (Fsp3) is 0.200. The third-order valence-corrected chi connectivity index (χ3v) is 4.59. The van der Waals surface area contributed by atoms with Gasteiger partial charge in [-0.3, -0.25) is 14.2 Å². The predicted molar refractivity (Wildman–Crippen MR) is 99.8 cm³/mol. The second-order valence-electron chi connectivity index (χ2n) is 5.99. The molecule has 0 amide bonds. The van der Waals surface area contributed by atoms with E-state index in [0.717, 1.165) is 0 Å². The summed E-state index contributed by atoms with van der Waals surface area (Å²) in [5.74, 6) is -2.36. The first kappa shape index (κ1) is 18.9. The number of hydrogen-bond donors (Lipinski definition) is 1. The number of esters is 1. The summed E-state index contributed by atoms with van der Waals surface area (Å²) >= 11 is 5.87. The standard InChI is InChI=1S/C20H17ClFNO4/c1-3-27-17(25)10-14-11(2)23(15-8-9-16(24)19(22)18(14)15)20(26)12-4-6-13(21)7-5-12/h4-9,24H,3,10H2,1-2H3. The monoisotopic (exact) mass is 389 g/mol. The lowest BCUT2D eigenvalue weighted by molar-refractivity contribution is -0.142. The van der Waals surface area contributed by atoms with Gasteiger partial charge in [0.15, 0.2) is 11.6 Å². The van der Waals surface area contributed by atoms with Crippen molar-refractivity contribution in [3.8, 4) is 5.75 Å². The summed E-state index contributed by atoms with van der Waals surface area (Å²) in [5.41, 5.74) is 1.33. The molecule has 0 aliphatic carbocycles. The molecule has 0 saturated heterocycles. The number of hydrogen-bond acceptors (Lipinski definition) is 4. The van der Waals surface area contributed by atoms with Crippen molar-refractivity contribution in [3.63, 3.8) is 0 Å². The number of rotatable bonds is 4. The SMILES string of the molecule is CCOC(=O)Cc1c(C)n(C(=O)c2ccc(Cl)cc2)c2ccc(O)c(F)c12. The van der Waals surface area contributed by atoms with Crippen LogP contribution in [-0.4, -0.2) is 28.2 Å². The van der Waals surface area contributed by atoms with Gasteiger partial charge in [-0.15, -0.1) is 0 Å². The van der Waals surface area contributed by atoms with Crippen molar-refractivity contribution in [2.45, 2.75) is 20.3 Å². The Bertz CT molecular complexity index is 1040. The van der Waals surface area contributed by atoms with E-state index < -0.39 is 23.4 Å². The topological polar surface area (TPSA) is 68.5 Å². The van der Waals surface area contributed by atoms with Crippen molar-refractivity contribution in [1.29, 1.82) is 0 Å². The van der Waals surface area contributed by atoms with Crippen LogP contribution in [0.3, 0.4) is 0 Å². The van der Waals surface area contributed by atoms with Gasteiger partial charge in [0.2, 0.25) is 0 Å². The largest absolute Gasteiger partial charge is 0.505 e. The molecule has 1 heterocycles. The van der Waals surface area contributed by atoms with Crippen LogP contribution in [0.2, 0.25) is 5.02 Å². The Labute approximate surface area is 159 Å². The van der Waals surface area contributed by atoms with E-state index >= 15 is 0 Å². The number of nitrogens with zero attached hydrogens (tertiary/aromatic N) is 1. The van der Waals surface area contributed by atoms with Gasteiger partial charge in [-0.1, -0.05) is 11.6 Å². The average molecular weight is 390 g/mol. The number of phenolic OH excluding ortho intramolecular Hbond substituents is 1. The van der Waals surface area contributed by atoms with Crippen molar-refractivity contribution < 1.29 is 23.8 Å². The molecule has 1 aromatic heterocycles. The van der Waals surface area contributed by atoms with Crippen LogP contribution in [-0.2, 0) is 16.0 Å². The molecule has 0 saturated carbocycles.